The lowest BCUT2D eigenvalue weighted by molar-refractivity contribution is 0.589. The van der Waals surface area contributed by atoms with Gasteiger partial charge in [-0.1, -0.05) is 17.7 Å². The van der Waals surface area contributed by atoms with Crippen molar-refractivity contribution in [3.05, 3.63) is 65.8 Å². The van der Waals surface area contributed by atoms with Gasteiger partial charge in [-0.15, -0.1) is 0 Å². The zero-order valence-corrected chi connectivity index (χ0v) is 18.1. The second-order valence-electron chi connectivity index (χ2n) is 6.89. The predicted octanol–water partition coefficient (Wildman–Crippen LogP) is 3.38. The smallest absolute Gasteiger partial charge is 0.269 e. The first kappa shape index (κ1) is 19.5. The second kappa shape index (κ2) is 7.03. The van der Waals surface area contributed by atoms with Gasteiger partial charge in [0, 0.05) is 31.1 Å². The minimum atomic E-state index is -3.95. The summed E-state index contributed by atoms with van der Waals surface area (Å²) in [5.74, 6) is 0.401. The van der Waals surface area contributed by atoms with E-state index >= 15 is 0 Å². The van der Waals surface area contributed by atoms with Crippen LogP contribution < -0.4 is 5.32 Å². The third-order valence-corrected chi connectivity index (χ3v) is 6.77. The monoisotopic (exact) mass is 453 g/mol. The van der Waals surface area contributed by atoms with E-state index in [0.717, 1.165) is 9.54 Å². The lowest BCUT2D eigenvalue weighted by Gasteiger charge is -2.08. The van der Waals surface area contributed by atoms with Gasteiger partial charge in [0.05, 0.1) is 22.2 Å². The van der Waals surface area contributed by atoms with E-state index in [1.54, 1.807) is 60.4 Å². The molecule has 0 aliphatic heterocycles. The van der Waals surface area contributed by atoms with Gasteiger partial charge in [-0.2, -0.15) is 10.1 Å². The Morgan fingerprint density at radius 2 is 1.81 bits per heavy atom. The van der Waals surface area contributed by atoms with Crippen LogP contribution in [0.2, 0.25) is 5.28 Å². The molecule has 1 aromatic carbocycles. The Hall–Kier alpha value is -3.50. The molecule has 0 saturated heterocycles. The van der Waals surface area contributed by atoms with Crippen LogP contribution in [0.3, 0.4) is 0 Å². The number of halogens is 1. The molecule has 4 heterocycles. The maximum absolute atomic E-state index is 13.5. The molecule has 0 amide bonds. The Morgan fingerprint density at radius 1 is 1.03 bits per heavy atom. The number of rotatable bonds is 4. The molecule has 31 heavy (non-hydrogen) atoms. The van der Waals surface area contributed by atoms with E-state index in [9.17, 15) is 8.42 Å². The fraction of sp³-hybridized carbons (Fsp3) is 0.100. The van der Waals surface area contributed by atoms with Crippen LogP contribution in [0, 0.1) is 6.92 Å². The maximum atomic E-state index is 13.5. The van der Waals surface area contributed by atoms with E-state index in [0.29, 0.717) is 28.1 Å². The van der Waals surface area contributed by atoms with Gasteiger partial charge in [-0.25, -0.2) is 26.9 Å². The van der Waals surface area contributed by atoms with Gasteiger partial charge in [-0.3, -0.25) is 0 Å². The summed E-state index contributed by atoms with van der Waals surface area (Å²) < 4.78 is 29.7. The third-order valence-electron chi connectivity index (χ3n) is 4.94. The molecule has 0 aliphatic rings. The molecule has 5 aromatic rings. The zero-order chi connectivity index (χ0) is 21.8. The lowest BCUT2D eigenvalue weighted by atomic mass is 10.1. The molecular formula is C20H16ClN7O2S. The average molecular weight is 454 g/mol. The fourth-order valence-corrected chi connectivity index (χ4v) is 4.89. The van der Waals surface area contributed by atoms with Gasteiger partial charge < -0.3 is 5.32 Å². The molecule has 0 bridgehead atoms. The normalized spacial score (nSPS) is 12.0. The minimum absolute atomic E-state index is 0.0685. The number of fused-ring (bicyclic) bond motifs is 2. The third kappa shape index (κ3) is 3.11. The van der Waals surface area contributed by atoms with Gasteiger partial charge in [0.2, 0.25) is 5.28 Å². The van der Waals surface area contributed by atoms with Crippen LogP contribution in [0.25, 0.3) is 27.9 Å². The summed E-state index contributed by atoms with van der Waals surface area (Å²) in [6, 6.07) is 10.1. The first-order chi connectivity index (χ1) is 14.9. The number of aromatic nitrogens is 6. The molecule has 0 fully saturated rings. The maximum Gasteiger partial charge on any atom is 0.269 e. The molecule has 9 nitrogen and oxygen atoms in total. The van der Waals surface area contributed by atoms with Crippen molar-refractivity contribution in [1.82, 2.24) is 28.5 Å². The van der Waals surface area contributed by atoms with E-state index < -0.39 is 10.0 Å². The molecule has 5 rings (SSSR count). The zero-order valence-electron chi connectivity index (χ0n) is 16.5. The summed E-state index contributed by atoms with van der Waals surface area (Å²) in [6.45, 7) is 1.89. The number of benzene rings is 1. The highest BCUT2D eigenvalue weighted by Crippen LogP contribution is 2.36. The Balaban J connectivity index is 1.84. The van der Waals surface area contributed by atoms with E-state index in [4.69, 9.17) is 11.6 Å². The second-order valence-corrected chi connectivity index (χ2v) is 9.05. The van der Waals surface area contributed by atoms with Crippen LogP contribution in [0.15, 0.2) is 59.9 Å². The van der Waals surface area contributed by atoms with E-state index in [-0.39, 0.29) is 15.8 Å². The first-order valence-electron chi connectivity index (χ1n) is 9.28. The van der Waals surface area contributed by atoms with Crippen molar-refractivity contribution in [3.8, 4) is 11.3 Å². The van der Waals surface area contributed by atoms with Crippen molar-refractivity contribution in [1.29, 1.82) is 0 Å². The standard InChI is InChI=1S/C20H16ClN7O2S/c1-12-3-5-13(6-4-12)31(29,30)28-11-14(15-8-10-27-16(24-15)7-9-23-27)17-18(22-2)25-20(21)26-19(17)28/h3-11H,1-2H3,(H,22,25,26). The predicted molar refractivity (Wildman–Crippen MR) is 118 cm³/mol. The van der Waals surface area contributed by atoms with Crippen LogP contribution in [-0.2, 0) is 10.0 Å². The molecule has 0 aliphatic carbocycles. The quantitative estimate of drug-likeness (QED) is 0.415. The van der Waals surface area contributed by atoms with Crippen molar-refractivity contribution in [3.63, 3.8) is 0 Å². The van der Waals surface area contributed by atoms with E-state index in [1.807, 2.05) is 6.92 Å². The number of nitrogens with one attached hydrogen (secondary N) is 1. The lowest BCUT2D eigenvalue weighted by Crippen LogP contribution is -2.13. The van der Waals surface area contributed by atoms with Crippen LogP contribution in [0.1, 0.15) is 5.56 Å². The average Bonchev–Trinajstić information content (AvgIpc) is 3.37. The highest BCUT2D eigenvalue weighted by molar-refractivity contribution is 7.90. The minimum Gasteiger partial charge on any atom is -0.372 e. The van der Waals surface area contributed by atoms with Gasteiger partial charge in [0.15, 0.2) is 11.3 Å². The highest BCUT2D eigenvalue weighted by Gasteiger charge is 2.26. The van der Waals surface area contributed by atoms with Crippen molar-refractivity contribution in [2.75, 3.05) is 12.4 Å². The molecule has 0 saturated carbocycles. The Kier molecular flexibility index (Phi) is 4.42. The SMILES string of the molecule is CNc1nc(Cl)nc2c1c(-c1ccn3nccc3n1)cn2S(=O)(=O)c1ccc(C)cc1. The van der Waals surface area contributed by atoms with Crippen molar-refractivity contribution in [2.24, 2.45) is 0 Å². The number of anilines is 1. The molecule has 1 N–H and O–H groups in total. The molecule has 0 radical (unpaired) electrons. The topological polar surface area (TPSA) is 107 Å². The number of hydrogen-bond acceptors (Lipinski definition) is 7. The summed E-state index contributed by atoms with van der Waals surface area (Å²) in [5.41, 5.74) is 2.85. The number of aryl methyl sites for hydroxylation is 1. The van der Waals surface area contributed by atoms with E-state index in [1.165, 1.54) is 6.20 Å². The molecule has 11 heteroatoms. The van der Waals surface area contributed by atoms with Gasteiger partial charge in [0.25, 0.3) is 10.0 Å². The fourth-order valence-electron chi connectivity index (χ4n) is 3.42. The van der Waals surface area contributed by atoms with Crippen LogP contribution in [0.5, 0.6) is 0 Å². The molecule has 0 spiro atoms. The number of nitrogens with zero attached hydrogens (tertiary/aromatic N) is 6. The summed E-state index contributed by atoms with van der Waals surface area (Å²) in [4.78, 5) is 13.2. The molecular weight excluding hydrogens is 438 g/mol. The number of hydrogen-bond donors (Lipinski definition) is 1. The first-order valence-corrected chi connectivity index (χ1v) is 11.1. The van der Waals surface area contributed by atoms with Crippen molar-refractivity contribution >= 4 is 44.1 Å². The highest BCUT2D eigenvalue weighted by atomic mass is 35.5. The Bertz CT molecular complexity index is 1560. The van der Waals surface area contributed by atoms with Crippen molar-refractivity contribution in [2.45, 2.75) is 11.8 Å². The molecule has 156 valence electrons. The van der Waals surface area contributed by atoms with Gasteiger partial charge >= 0.3 is 0 Å². The summed E-state index contributed by atoms with van der Waals surface area (Å²) in [6.07, 6.45) is 4.89. The van der Waals surface area contributed by atoms with Crippen LogP contribution in [0.4, 0.5) is 5.82 Å². The Morgan fingerprint density at radius 3 is 2.55 bits per heavy atom. The molecule has 4 aromatic heterocycles. The van der Waals surface area contributed by atoms with E-state index in [2.05, 4.69) is 25.4 Å². The van der Waals surface area contributed by atoms with Gasteiger partial charge in [0.1, 0.15) is 5.82 Å². The summed E-state index contributed by atoms with van der Waals surface area (Å²) >= 11 is 6.11. The van der Waals surface area contributed by atoms with Crippen LogP contribution in [-0.4, -0.2) is 44.0 Å². The molecule has 0 unspecified atom stereocenters. The van der Waals surface area contributed by atoms with Crippen molar-refractivity contribution < 1.29 is 8.42 Å². The summed E-state index contributed by atoms with van der Waals surface area (Å²) in [5, 5.41) is 7.56. The van der Waals surface area contributed by atoms with Gasteiger partial charge in [-0.05, 0) is 36.7 Å². The largest absolute Gasteiger partial charge is 0.372 e. The molecule has 0 atom stereocenters. The Labute approximate surface area is 182 Å². The summed E-state index contributed by atoms with van der Waals surface area (Å²) in [7, 11) is -2.27. The van der Waals surface area contributed by atoms with Crippen LogP contribution >= 0.6 is 11.6 Å².